The summed E-state index contributed by atoms with van der Waals surface area (Å²) in [6, 6.07) is 27.7. The first-order chi connectivity index (χ1) is 23.3. The van der Waals surface area contributed by atoms with E-state index >= 15 is 0 Å². The fourth-order valence-corrected chi connectivity index (χ4v) is 7.36. The summed E-state index contributed by atoms with van der Waals surface area (Å²) in [5.74, 6) is 1.95. The topological polar surface area (TPSA) is 93.1 Å². The van der Waals surface area contributed by atoms with Crippen molar-refractivity contribution >= 4 is 11.6 Å². The summed E-state index contributed by atoms with van der Waals surface area (Å²) in [6.45, 7) is 12.5. The molecule has 0 radical (unpaired) electrons. The monoisotopic (exact) mass is 662 g/mol. The smallest absolute Gasteiger partial charge is 0.196 e. The molecule has 1 fully saturated rings. The van der Waals surface area contributed by atoms with Crippen molar-refractivity contribution in [2.45, 2.75) is 66.7 Å². The molecule has 258 valence electrons. The van der Waals surface area contributed by atoms with E-state index in [2.05, 4.69) is 34.6 Å². The standard InChI is InChI=1S/C43H50O6/c1-42(2,3)26-29-22-32(33(23-29)28-49-35-17-19-37(39(45)25-35)41(47)31-14-10-7-11-15-31)27-43(4,5)20-21-48-34-16-18-36(38(44)24-34)40(46)30-12-8-6-9-13-30/h6-19,24-25,29,32-33,44-45H,20-23,26-28H2,1-5H3. The van der Waals surface area contributed by atoms with E-state index in [1.807, 2.05) is 24.3 Å². The summed E-state index contributed by atoms with van der Waals surface area (Å²) in [6.07, 6.45) is 5.26. The lowest BCUT2D eigenvalue weighted by Crippen LogP contribution is -2.25. The molecule has 0 spiro atoms. The molecule has 1 saturated carbocycles. The number of phenolic OH excluding ortho intramolecular Hbond substituents is 2. The first kappa shape index (κ1) is 35.7. The van der Waals surface area contributed by atoms with Crippen LogP contribution in [0.15, 0.2) is 97.1 Å². The molecular formula is C43H50O6. The second kappa shape index (κ2) is 15.3. The molecule has 0 saturated heterocycles. The molecule has 6 nitrogen and oxygen atoms in total. The van der Waals surface area contributed by atoms with Gasteiger partial charge in [0.25, 0.3) is 0 Å². The summed E-state index contributed by atoms with van der Waals surface area (Å²) in [5, 5.41) is 21.3. The van der Waals surface area contributed by atoms with Crippen LogP contribution in [0.3, 0.4) is 0 Å². The van der Waals surface area contributed by atoms with Gasteiger partial charge in [0, 0.05) is 23.3 Å². The van der Waals surface area contributed by atoms with Crippen LogP contribution < -0.4 is 9.47 Å². The third-order valence-corrected chi connectivity index (χ3v) is 9.67. The number of phenols is 2. The fraction of sp³-hybridized carbons (Fsp3) is 0.395. The van der Waals surface area contributed by atoms with Crippen LogP contribution in [0.4, 0.5) is 0 Å². The zero-order valence-corrected chi connectivity index (χ0v) is 29.4. The molecule has 0 bridgehead atoms. The van der Waals surface area contributed by atoms with Gasteiger partial charge in [-0.15, -0.1) is 0 Å². The maximum atomic E-state index is 12.9. The normalized spacial score (nSPS) is 17.9. The van der Waals surface area contributed by atoms with Crippen molar-refractivity contribution in [1.29, 1.82) is 0 Å². The second-order valence-electron chi connectivity index (χ2n) is 15.6. The van der Waals surface area contributed by atoms with Crippen LogP contribution in [0, 0.1) is 28.6 Å². The Morgan fingerprint density at radius 1 is 0.653 bits per heavy atom. The summed E-state index contributed by atoms with van der Waals surface area (Å²) in [7, 11) is 0. The maximum Gasteiger partial charge on any atom is 0.196 e. The second-order valence-corrected chi connectivity index (χ2v) is 15.6. The molecule has 0 aromatic heterocycles. The molecule has 0 amide bonds. The van der Waals surface area contributed by atoms with Gasteiger partial charge in [0.15, 0.2) is 11.6 Å². The summed E-state index contributed by atoms with van der Waals surface area (Å²) in [4.78, 5) is 25.7. The van der Waals surface area contributed by atoms with Crippen molar-refractivity contribution < 1.29 is 29.3 Å². The van der Waals surface area contributed by atoms with Crippen LogP contribution in [0.25, 0.3) is 0 Å². The van der Waals surface area contributed by atoms with Gasteiger partial charge < -0.3 is 19.7 Å². The van der Waals surface area contributed by atoms with Crippen LogP contribution in [0.1, 0.15) is 98.6 Å². The fourth-order valence-electron chi connectivity index (χ4n) is 7.36. The molecule has 4 aromatic carbocycles. The summed E-state index contributed by atoms with van der Waals surface area (Å²) in [5.41, 5.74) is 1.82. The number of rotatable bonds is 14. The molecule has 6 heteroatoms. The van der Waals surface area contributed by atoms with Gasteiger partial charge >= 0.3 is 0 Å². The van der Waals surface area contributed by atoms with Gasteiger partial charge in [-0.3, -0.25) is 9.59 Å². The number of carbonyl (C=O) groups is 2. The SMILES string of the molecule is CC(C)(C)CC1CC(COc2ccc(C(=O)c3ccccc3)c(O)c2)C(CC(C)(C)CCOc2ccc(C(=O)c3ccccc3)c(O)c2)C1. The van der Waals surface area contributed by atoms with E-state index in [-0.39, 0.29) is 45.0 Å². The Balaban J connectivity index is 1.18. The average Bonchev–Trinajstić information content (AvgIpc) is 3.42. The van der Waals surface area contributed by atoms with Gasteiger partial charge in [0.2, 0.25) is 0 Å². The van der Waals surface area contributed by atoms with Gasteiger partial charge in [0.05, 0.1) is 24.3 Å². The molecule has 3 unspecified atom stereocenters. The zero-order chi connectivity index (χ0) is 35.2. The van der Waals surface area contributed by atoms with E-state index in [0.29, 0.717) is 53.6 Å². The molecule has 5 rings (SSSR count). The highest BCUT2D eigenvalue weighted by Crippen LogP contribution is 2.47. The number of hydrogen-bond donors (Lipinski definition) is 2. The molecule has 3 atom stereocenters. The number of hydrogen-bond acceptors (Lipinski definition) is 6. The third-order valence-electron chi connectivity index (χ3n) is 9.67. The summed E-state index contributed by atoms with van der Waals surface area (Å²) < 4.78 is 12.4. The Kier molecular flexibility index (Phi) is 11.2. The highest BCUT2D eigenvalue weighted by molar-refractivity contribution is 6.11. The molecule has 0 heterocycles. The number of aromatic hydroxyl groups is 2. The van der Waals surface area contributed by atoms with Crippen LogP contribution in [0.5, 0.6) is 23.0 Å². The minimum absolute atomic E-state index is 0.00250. The van der Waals surface area contributed by atoms with Crippen LogP contribution in [-0.2, 0) is 0 Å². The minimum Gasteiger partial charge on any atom is -0.507 e. The Morgan fingerprint density at radius 3 is 1.63 bits per heavy atom. The van der Waals surface area contributed by atoms with Crippen molar-refractivity contribution in [3.8, 4) is 23.0 Å². The number of benzene rings is 4. The van der Waals surface area contributed by atoms with Crippen LogP contribution in [0.2, 0.25) is 0 Å². The minimum atomic E-state index is -0.224. The van der Waals surface area contributed by atoms with E-state index in [1.165, 1.54) is 6.07 Å². The largest absolute Gasteiger partial charge is 0.507 e. The average molecular weight is 663 g/mol. The van der Waals surface area contributed by atoms with Gasteiger partial charge in [-0.1, -0.05) is 95.3 Å². The lowest BCUT2D eigenvalue weighted by molar-refractivity contribution is 0.102. The first-order valence-corrected chi connectivity index (χ1v) is 17.4. The van der Waals surface area contributed by atoms with E-state index in [1.54, 1.807) is 66.7 Å². The van der Waals surface area contributed by atoms with E-state index in [0.717, 1.165) is 32.1 Å². The molecule has 1 aliphatic carbocycles. The first-order valence-electron chi connectivity index (χ1n) is 17.4. The van der Waals surface area contributed by atoms with Crippen LogP contribution >= 0.6 is 0 Å². The molecule has 0 aliphatic heterocycles. The molecule has 4 aromatic rings. The predicted molar refractivity (Wildman–Crippen MR) is 194 cm³/mol. The Hall–Kier alpha value is -4.58. The zero-order valence-electron chi connectivity index (χ0n) is 29.4. The highest BCUT2D eigenvalue weighted by Gasteiger charge is 2.39. The van der Waals surface area contributed by atoms with Gasteiger partial charge in [-0.2, -0.15) is 0 Å². The van der Waals surface area contributed by atoms with Crippen LogP contribution in [-0.4, -0.2) is 35.0 Å². The number of ether oxygens (including phenoxy) is 2. The Labute approximate surface area is 291 Å². The quantitative estimate of drug-likeness (QED) is 0.131. The lowest BCUT2D eigenvalue weighted by Gasteiger charge is -2.31. The van der Waals surface area contributed by atoms with E-state index in [9.17, 15) is 19.8 Å². The molecule has 49 heavy (non-hydrogen) atoms. The predicted octanol–water partition coefficient (Wildman–Crippen LogP) is 9.90. The Bertz CT molecular complexity index is 1720. The van der Waals surface area contributed by atoms with E-state index in [4.69, 9.17) is 9.47 Å². The number of carbonyl (C=O) groups excluding carboxylic acids is 2. The third kappa shape index (κ3) is 9.75. The Morgan fingerprint density at radius 2 is 1.14 bits per heavy atom. The molecule has 1 aliphatic rings. The lowest BCUT2D eigenvalue weighted by atomic mass is 9.76. The number of ketones is 2. The van der Waals surface area contributed by atoms with Crippen molar-refractivity contribution in [2.24, 2.45) is 28.6 Å². The molecular weight excluding hydrogens is 612 g/mol. The van der Waals surface area contributed by atoms with Crippen molar-refractivity contribution in [3.63, 3.8) is 0 Å². The van der Waals surface area contributed by atoms with Gasteiger partial charge in [0.1, 0.15) is 23.0 Å². The van der Waals surface area contributed by atoms with Crippen molar-refractivity contribution in [3.05, 3.63) is 119 Å². The molecule has 2 N–H and O–H groups in total. The van der Waals surface area contributed by atoms with E-state index < -0.39 is 0 Å². The van der Waals surface area contributed by atoms with Gasteiger partial charge in [-0.05, 0) is 85.0 Å². The van der Waals surface area contributed by atoms with Gasteiger partial charge in [-0.25, -0.2) is 0 Å². The highest BCUT2D eigenvalue weighted by atomic mass is 16.5. The van der Waals surface area contributed by atoms with Crippen molar-refractivity contribution in [2.75, 3.05) is 13.2 Å². The maximum absolute atomic E-state index is 12.9. The van der Waals surface area contributed by atoms with Crippen molar-refractivity contribution in [1.82, 2.24) is 0 Å². The summed E-state index contributed by atoms with van der Waals surface area (Å²) >= 11 is 0.